The van der Waals surface area contributed by atoms with Gasteiger partial charge in [0.15, 0.2) is 0 Å². The number of nitrogens with two attached hydrogens (primary N) is 3. The van der Waals surface area contributed by atoms with Gasteiger partial charge in [-0.2, -0.15) is 4.98 Å². The molecule has 2 fully saturated rings. The largest absolute Gasteiger partial charge is 0.354 e. The topological polar surface area (TPSA) is 169 Å². The van der Waals surface area contributed by atoms with Gasteiger partial charge in [0.1, 0.15) is 5.82 Å². The Bertz CT molecular complexity index is 1210. The second-order valence-corrected chi connectivity index (χ2v) is 11.3. The maximum atomic E-state index is 12.8. The van der Waals surface area contributed by atoms with Crippen LogP contribution in [0.1, 0.15) is 39.2 Å². The lowest BCUT2D eigenvalue weighted by molar-refractivity contribution is -0.139. The summed E-state index contributed by atoms with van der Waals surface area (Å²) in [5.74, 6) is 0.405. The van der Waals surface area contributed by atoms with Crippen LogP contribution in [0.3, 0.4) is 0 Å². The molecule has 0 radical (unpaired) electrons. The number of carbonyl (C=O) groups is 2. The summed E-state index contributed by atoms with van der Waals surface area (Å²) in [5, 5.41) is 2.70. The van der Waals surface area contributed by atoms with Crippen LogP contribution in [0.5, 0.6) is 0 Å². The zero-order valence-electron chi connectivity index (χ0n) is 23.0. The van der Waals surface area contributed by atoms with E-state index in [-0.39, 0.29) is 30.0 Å². The van der Waals surface area contributed by atoms with Crippen molar-refractivity contribution in [1.29, 1.82) is 0 Å². The Morgan fingerprint density at radius 2 is 1.74 bits per heavy atom. The molecule has 2 saturated heterocycles. The van der Waals surface area contributed by atoms with Gasteiger partial charge in [0.2, 0.25) is 5.91 Å². The summed E-state index contributed by atoms with van der Waals surface area (Å²) in [4.78, 5) is 47.9. The third-order valence-electron chi connectivity index (χ3n) is 7.56. The van der Waals surface area contributed by atoms with E-state index in [4.69, 9.17) is 17.2 Å². The lowest BCUT2D eigenvalue weighted by Crippen LogP contribution is -2.61. The SMILES string of the molecule is C[C@@H]1CN(C(=O)Nc2ccn(-c3ccc(CN4CCC(C(N)N)CC4)cc3)c(=O)n2)CCN1C(=O)C(C)(C)N. The van der Waals surface area contributed by atoms with E-state index in [2.05, 4.69) is 15.2 Å². The highest BCUT2D eigenvalue weighted by molar-refractivity contribution is 5.89. The number of hydrogen-bond acceptors (Lipinski definition) is 8. The summed E-state index contributed by atoms with van der Waals surface area (Å²) in [6.07, 6.45) is 3.35. The third kappa shape index (κ3) is 7.01. The summed E-state index contributed by atoms with van der Waals surface area (Å²) in [6, 6.07) is 8.85. The monoisotopic (exact) mass is 539 g/mol. The molecule has 12 heteroatoms. The average molecular weight is 540 g/mol. The van der Waals surface area contributed by atoms with Gasteiger partial charge in [0.25, 0.3) is 0 Å². The van der Waals surface area contributed by atoms with Crippen LogP contribution in [-0.2, 0) is 11.3 Å². The normalized spacial score (nSPS) is 19.4. The number of piperazine rings is 1. The van der Waals surface area contributed by atoms with Gasteiger partial charge in [-0.25, -0.2) is 9.59 Å². The molecular formula is C27H41N9O3. The molecule has 4 rings (SSSR count). The van der Waals surface area contributed by atoms with Crippen molar-refractivity contribution in [2.24, 2.45) is 23.1 Å². The van der Waals surface area contributed by atoms with Crippen LogP contribution < -0.4 is 28.2 Å². The van der Waals surface area contributed by atoms with E-state index in [1.54, 1.807) is 35.9 Å². The number of nitrogens with one attached hydrogen (secondary N) is 1. The number of piperidine rings is 1. The number of anilines is 1. The van der Waals surface area contributed by atoms with E-state index in [9.17, 15) is 14.4 Å². The van der Waals surface area contributed by atoms with Crippen LogP contribution in [0.25, 0.3) is 5.69 Å². The summed E-state index contributed by atoms with van der Waals surface area (Å²) in [5.41, 5.74) is 18.0. The average Bonchev–Trinajstić information content (AvgIpc) is 2.89. The Balaban J connectivity index is 1.32. The van der Waals surface area contributed by atoms with E-state index < -0.39 is 11.2 Å². The number of amides is 3. The molecule has 0 spiro atoms. The van der Waals surface area contributed by atoms with Crippen molar-refractivity contribution in [3.63, 3.8) is 0 Å². The van der Waals surface area contributed by atoms with E-state index in [1.807, 2.05) is 31.2 Å². The first-order valence-corrected chi connectivity index (χ1v) is 13.5. The van der Waals surface area contributed by atoms with Crippen LogP contribution in [0, 0.1) is 5.92 Å². The lowest BCUT2D eigenvalue weighted by atomic mass is 9.94. The number of nitrogens with zero attached hydrogens (tertiary/aromatic N) is 5. The van der Waals surface area contributed by atoms with Crippen molar-refractivity contribution in [2.45, 2.75) is 57.9 Å². The van der Waals surface area contributed by atoms with E-state index in [1.165, 1.54) is 4.57 Å². The zero-order valence-corrected chi connectivity index (χ0v) is 23.0. The van der Waals surface area contributed by atoms with Crippen molar-refractivity contribution < 1.29 is 9.59 Å². The summed E-state index contributed by atoms with van der Waals surface area (Å²) in [7, 11) is 0. The van der Waals surface area contributed by atoms with Crippen LogP contribution in [0.4, 0.5) is 10.6 Å². The minimum absolute atomic E-state index is 0.147. The van der Waals surface area contributed by atoms with Gasteiger partial charge < -0.3 is 27.0 Å². The van der Waals surface area contributed by atoms with Crippen LogP contribution in [0.15, 0.2) is 41.3 Å². The molecule has 0 aliphatic carbocycles. The molecule has 3 heterocycles. The number of rotatable bonds is 6. The number of benzene rings is 1. The predicted octanol–water partition coefficient (Wildman–Crippen LogP) is 0.490. The van der Waals surface area contributed by atoms with Crippen molar-refractivity contribution in [1.82, 2.24) is 24.3 Å². The third-order valence-corrected chi connectivity index (χ3v) is 7.56. The van der Waals surface area contributed by atoms with Gasteiger partial charge in [-0.05, 0) is 76.4 Å². The number of urea groups is 1. The Morgan fingerprint density at radius 3 is 2.31 bits per heavy atom. The van der Waals surface area contributed by atoms with Crippen LogP contribution >= 0.6 is 0 Å². The van der Waals surface area contributed by atoms with Gasteiger partial charge in [-0.1, -0.05) is 12.1 Å². The molecule has 1 aromatic heterocycles. The number of carbonyl (C=O) groups excluding carboxylic acids is 2. The molecule has 39 heavy (non-hydrogen) atoms. The van der Waals surface area contributed by atoms with Gasteiger partial charge in [-0.15, -0.1) is 0 Å². The molecule has 12 nitrogen and oxygen atoms in total. The predicted molar refractivity (Wildman–Crippen MR) is 150 cm³/mol. The van der Waals surface area contributed by atoms with Crippen molar-refractivity contribution in [3.8, 4) is 5.69 Å². The Morgan fingerprint density at radius 1 is 1.08 bits per heavy atom. The van der Waals surface area contributed by atoms with E-state index >= 15 is 0 Å². The standard InChI is InChI=1S/C27H41N9O3/c1-18-16-34(14-15-35(18)24(37)27(2,3)30)25(38)31-22-10-13-36(26(39)32-22)21-6-4-19(5-7-21)17-33-11-8-20(9-12-33)23(28)29/h4-7,10,13,18,20,23H,8-9,11-12,14-17,28-30H2,1-3H3,(H,31,32,38,39)/t18-/m1/s1. The first kappa shape index (κ1) is 28.7. The highest BCUT2D eigenvalue weighted by Gasteiger charge is 2.35. The van der Waals surface area contributed by atoms with E-state index in [0.29, 0.717) is 31.2 Å². The van der Waals surface area contributed by atoms with Crippen LogP contribution in [0.2, 0.25) is 0 Å². The molecule has 212 valence electrons. The Labute approximate surface area is 229 Å². The second kappa shape index (κ2) is 11.8. The minimum atomic E-state index is -0.968. The molecule has 2 aromatic rings. The molecule has 1 aromatic carbocycles. The van der Waals surface area contributed by atoms with Gasteiger partial charge >= 0.3 is 11.7 Å². The number of likely N-dealkylation sites (tertiary alicyclic amines) is 1. The fourth-order valence-corrected chi connectivity index (χ4v) is 5.19. The number of aromatic nitrogens is 2. The highest BCUT2D eigenvalue weighted by atomic mass is 16.2. The second-order valence-electron chi connectivity index (χ2n) is 11.3. The molecule has 7 N–H and O–H groups in total. The molecule has 0 bridgehead atoms. The number of hydrogen-bond donors (Lipinski definition) is 4. The maximum absolute atomic E-state index is 12.8. The summed E-state index contributed by atoms with van der Waals surface area (Å²) >= 11 is 0. The fraction of sp³-hybridized carbons (Fsp3) is 0.556. The van der Waals surface area contributed by atoms with Gasteiger partial charge in [0, 0.05) is 38.4 Å². The molecule has 1 atom stereocenters. The van der Waals surface area contributed by atoms with Crippen molar-refractivity contribution in [3.05, 3.63) is 52.6 Å². The van der Waals surface area contributed by atoms with Gasteiger partial charge in [-0.3, -0.25) is 19.6 Å². The Hall–Kier alpha value is -3.32. The summed E-state index contributed by atoms with van der Waals surface area (Å²) in [6.45, 7) is 9.10. The molecule has 0 saturated carbocycles. The molecule has 0 unspecified atom stereocenters. The minimum Gasteiger partial charge on any atom is -0.335 e. The highest BCUT2D eigenvalue weighted by Crippen LogP contribution is 2.20. The smallest absolute Gasteiger partial charge is 0.335 e. The summed E-state index contributed by atoms with van der Waals surface area (Å²) < 4.78 is 1.44. The first-order valence-electron chi connectivity index (χ1n) is 13.5. The molecule has 2 aliphatic heterocycles. The zero-order chi connectivity index (χ0) is 28.3. The van der Waals surface area contributed by atoms with Crippen molar-refractivity contribution in [2.75, 3.05) is 38.0 Å². The fourth-order valence-electron chi connectivity index (χ4n) is 5.19. The Kier molecular flexibility index (Phi) is 8.70. The maximum Gasteiger partial charge on any atom is 0.354 e. The molecule has 2 aliphatic rings. The molecular weight excluding hydrogens is 498 g/mol. The molecule has 3 amide bonds. The van der Waals surface area contributed by atoms with Crippen molar-refractivity contribution >= 4 is 17.8 Å². The lowest BCUT2D eigenvalue weighted by Gasteiger charge is -2.42. The van der Waals surface area contributed by atoms with Crippen LogP contribution in [-0.4, -0.2) is 86.7 Å². The van der Waals surface area contributed by atoms with Gasteiger partial charge in [0.05, 0.1) is 17.4 Å². The first-order chi connectivity index (χ1) is 18.4. The quantitative estimate of drug-likeness (QED) is 0.385. The van der Waals surface area contributed by atoms with E-state index in [0.717, 1.165) is 38.0 Å².